The van der Waals surface area contributed by atoms with Gasteiger partial charge in [-0.15, -0.1) is 0 Å². The first-order valence-corrected chi connectivity index (χ1v) is 10.3. The molecule has 1 aromatic rings. The Balaban J connectivity index is 1.33. The van der Waals surface area contributed by atoms with Crippen LogP contribution < -0.4 is 0 Å². The zero-order valence-electron chi connectivity index (χ0n) is 15.8. The van der Waals surface area contributed by atoms with Crippen LogP contribution >= 0.6 is 0 Å². The molecule has 142 valence electrons. The second-order valence-corrected chi connectivity index (χ2v) is 8.06. The molecule has 0 radical (unpaired) electrons. The van der Waals surface area contributed by atoms with E-state index in [0.29, 0.717) is 24.9 Å². The summed E-state index contributed by atoms with van der Waals surface area (Å²) in [6, 6.07) is 0.388. The SMILES string of the molecule is CCn1ccnc1C1CCN(C(=O)[C@H]2CC(=O)N(C3CCCC3)C2)CC1. The van der Waals surface area contributed by atoms with Crippen LogP contribution in [0.25, 0.3) is 0 Å². The average Bonchev–Trinajstić information content (AvgIpc) is 3.41. The van der Waals surface area contributed by atoms with Crippen molar-refractivity contribution in [2.75, 3.05) is 19.6 Å². The van der Waals surface area contributed by atoms with Crippen molar-refractivity contribution in [2.24, 2.45) is 5.92 Å². The minimum atomic E-state index is -0.128. The first kappa shape index (κ1) is 17.6. The van der Waals surface area contributed by atoms with Gasteiger partial charge in [-0.3, -0.25) is 9.59 Å². The molecule has 0 bridgehead atoms. The molecule has 0 N–H and O–H groups in total. The van der Waals surface area contributed by atoms with E-state index in [2.05, 4.69) is 16.5 Å². The Bertz CT molecular complexity index is 657. The highest BCUT2D eigenvalue weighted by Crippen LogP contribution is 2.32. The highest BCUT2D eigenvalue weighted by Gasteiger charge is 2.40. The zero-order chi connectivity index (χ0) is 18.1. The highest BCUT2D eigenvalue weighted by molar-refractivity contribution is 5.89. The van der Waals surface area contributed by atoms with Crippen LogP contribution in [-0.2, 0) is 16.1 Å². The molecular weight excluding hydrogens is 328 g/mol. The van der Waals surface area contributed by atoms with E-state index in [4.69, 9.17) is 0 Å². The Labute approximate surface area is 155 Å². The van der Waals surface area contributed by atoms with E-state index in [-0.39, 0.29) is 17.7 Å². The zero-order valence-corrected chi connectivity index (χ0v) is 15.8. The molecule has 2 saturated heterocycles. The summed E-state index contributed by atoms with van der Waals surface area (Å²) in [4.78, 5) is 33.9. The Morgan fingerprint density at radius 1 is 1.19 bits per heavy atom. The maximum absolute atomic E-state index is 12.9. The number of hydrogen-bond donors (Lipinski definition) is 0. The minimum absolute atomic E-state index is 0.128. The number of nitrogens with zero attached hydrogens (tertiary/aromatic N) is 4. The van der Waals surface area contributed by atoms with Gasteiger partial charge in [-0.1, -0.05) is 12.8 Å². The Morgan fingerprint density at radius 3 is 2.62 bits per heavy atom. The van der Waals surface area contributed by atoms with Gasteiger partial charge in [0.05, 0.1) is 5.92 Å². The number of aryl methyl sites for hydroxylation is 1. The van der Waals surface area contributed by atoms with Crippen molar-refractivity contribution in [3.05, 3.63) is 18.2 Å². The number of amides is 2. The van der Waals surface area contributed by atoms with E-state index >= 15 is 0 Å². The van der Waals surface area contributed by atoms with E-state index < -0.39 is 0 Å². The van der Waals surface area contributed by atoms with Crippen molar-refractivity contribution in [2.45, 2.75) is 70.4 Å². The molecule has 6 heteroatoms. The van der Waals surface area contributed by atoms with E-state index in [9.17, 15) is 9.59 Å². The van der Waals surface area contributed by atoms with Gasteiger partial charge in [0.25, 0.3) is 0 Å². The van der Waals surface area contributed by atoms with Crippen LogP contribution in [0.15, 0.2) is 12.4 Å². The summed E-state index contributed by atoms with van der Waals surface area (Å²) in [6.45, 7) is 5.29. The molecule has 0 spiro atoms. The smallest absolute Gasteiger partial charge is 0.227 e. The van der Waals surface area contributed by atoms with Crippen LogP contribution in [0.4, 0.5) is 0 Å². The lowest BCUT2D eigenvalue weighted by Crippen LogP contribution is -2.43. The molecule has 1 atom stereocenters. The fourth-order valence-corrected chi connectivity index (χ4v) is 5.03. The first-order valence-electron chi connectivity index (χ1n) is 10.3. The number of imidazole rings is 1. The standard InChI is InChI=1S/C20H30N4O2/c1-2-22-12-9-21-19(22)15-7-10-23(11-8-15)20(26)16-13-18(25)24(14-16)17-5-3-4-6-17/h9,12,15-17H,2-8,10-11,13-14H2,1H3/t16-/m0/s1. The molecule has 4 rings (SSSR count). The van der Waals surface area contributed by atoms with E-state index in [1.807, 2.05) is 22.2 Å². The number of hydrogen-bond acceptors (Lipinski definition) is 3. The molecule has 6 nitrogen and oxygen atoms in total. The summed E-state index contributed by atoms with van der Waals surface area (Å²) >= 11 is 0. The molecule has 1 aromatic heterocycles. The van der Waals surface area contributed by atoms with Crippen molar-refractivity contribution < 1.29 is 9.59 Å². The number of aromatic nitrogens is 2. The highest BCUT2D eigenvalue weighted by atomic mass is 16.2. The van der Waals surface area contributed by atoms with Crippen molar-refractivity contribution in [1.29, 1.82) is 0 Å². The third kappa shape index (κ3) is 3.26. The molecule has 3 heterocycles. The summed E-state index contributed by atoms with van der Waals surface area (Å²) in [5.41, 5.74) is 0. The Hall–Kier alpha value is -1.85. The molecule has 0 unspecified atom stereocenters. The Morgan fingerprint density at radius 2 is 1.92 bits per heavy atom. The summed E-state index contributed by atoms with van der Waals surface area (Å²) in [6.07, 6.45) is 10.9. The first-order chi connectivity index (χ1) is 12.7. The van der Waals surface area contributed by atoms with Crippen LogP contribution in [0.5, 0.6) is 0 Å². The topological polar surface area (TPSA) is 58.4 Å². The number of likely N-dealkylation sites (tertiary alicyclic amines) is 2. The molecule has 0 aromatic carbocycles. The molecule has 2 amide bonds. The van der Waals surface area contributed by atoms with Crippen LogP contribution in [-0.4, -0.2) is 56.8 Å². The number of rotatable bonds is 4. The van der Waals surface area contributed by atoms with Crippen LogP contribution in [0.1, 0.15) is 63.6 Å². The molecule has 3 aliphatic rings. The van der Waals surface area contributed by atoms with E-state index in [1.165, 1.54) is 12.8 Å². The van der Waals surface area contributed by atoms with Crippen molar-refractivity contribution in [3.63, 3.8) is 0 Å². The second kappa shape index (κ2) is 7.41. The van der Waals surface area contributed by atoms with Gasteiger partial charge < -0.3 is 14.4 Å². The third-order valence-electron chi connectivity index (χ3n) is 6.53. The molecule has 3 fully saturated rings. The van der Waals surface area contributed by atoms with E-state index in [1.54, 1.807) is 0 Å². The summed E-state index contributed by atoms with van der Waals surface area (Å²) in [7, 11) is 0. The van der Waals surface area contributed by atoms with Crippen LogP contribution in [0.2, 0.25) is 0 Å². The van der Waals surface area contributed by atoms with Gasteiger partial charge in [0, 0.05) is 57.0 Å². The summed E-state index contributed by atoms with van der Waals surface area (Å²) in [5, 5.41) is 0. The monoisotopic (exact) mass is 358 g/mol. The van der Waals surface area contributed by atoms with Gasteiger partial charge in [0.1, 0.15) is 5.82 Å². The normalized spacial score (nSPS) is 25.4. The summed E-state index contributed by atoms with van der Waals surface area (Å²) in [5.74, 6) is 1.85. The van der Waals surface area contributed by atoms with Gasteiger partial charge in [-0.05, 0) is 32.6 Å². The lowest BCUT2D eigenvalue weighted by Gasteiger charge is -2.33. The van der Waals surface area contributed by atoms with Crippen LogP contribution in [0.3, 0.4) is 0 Å². The molecule has 1 saturated carbocycles. The molecule has 2 aliphatic heterocycles. The van der Waals surface area contributed by atoms with Crippen molar-refractivity contribution >= 4 is 11.8 Å². The lowest BCUT2D eigenvalue weighted by molar-refractivity contribution is -0.136. The third-order valence-corrected chi connectivity index (χ3v) is 6.53. The lowest BCUT2D eigenvalue weighted by atomic mass is 9.94. The minimum Gasteiger partial charge on any atom is -0.342 e. The number of carbonyl (C=O) groups excluding carboxylic acids is 2. The fourth-order valence-electron chi connectivity index (χ4n) is 5.03. The number of carbonyl (C=O) groups is 2. The van der Waals surface area contributed by atoms with Crippen molar-refractivity contribution in [3.8, 4) is 0 Å². The predicted molar refractivity (Wildman–Crippen MR) is 98.5 cm³/mol. The molecular formula is C20H30N4O2. The van der Waals surface area contributed by atoms with Gasteiger partial charge in [-0.25, -0.2) is 4.98 Å². The predicted octanol–water partition coefficient (Wildman–Crippen LogP) is 2.40. The summed E-state index contributed by atoms with van der Waals surface area (Å²) < 4.78 is 2.21. The average molecular weight is 358 g/mol. The maximum atomic E-state index is 12.9. The van der Waals surface area contributed by atoms with Gasteiger partial charge >= 0.3 is 0 Å². The van der Waals surface area contributed by atoms with Crippen LogP contribution in [0, 0.1) is 5.92 Å². The quantitative estimate of drug-likeness (QED) is 0.830. The van der Waals surface area contributed by atoms with Gasteiger partial charge in [-0.2, -0.15) is 0 Å². The van der Waals surface area contributed by atoms with E-state index in [0.717, 1.165) is 51.1 Å². The molecule has 1 aliphatic carbocycles. The largest absolute Gasteiger partial charge is 0.342 e. The Kier molecular flexibility index (Phi) is 5.00. The molecule has 26 heavy (non-hydrogen) atoms. The maximum Gasteiger partial charge on any atom is 0.227 e. The van der Waals surface area contributed by atoms with Gasteiger partial charge in [0.2, 0.25) is 11.8 Å². The van der Waals surface area contributed by atoms with Gasteiger partial charge in [0.15, 0.2) is 0 Å². The second-order valence-electron chi connectivity index (χ2n) is 8.06. The fraction of sp³-hybridized carbons (Fsp3) is 0.750. The number of piperidine rings is 1. The van der Waals surface area contributed by atoms with Crippen molar-refractivity contribution in [1.82, 2.24) is 19.4 Å².